The minimum atomic E-state index is -0.245. The first-order valence-electron chi connectivity index (χ1n) is 11.7. The standard InChI is InChI=1S/C26H33FN4O/c1-4-15-30(19(2)3)26(32)20-13-16-29(17-14-20)18-25-28-23-7-5-6-8-24(23)31(25)22-11-9-21(27)10-12-22/h5-12,19-20H,4,13-18H2,1-3H3. The molecule has 5 nitrogen and oxygen atoms in total. The number of benzene rings is 2. The Bertz CT molecular complexity index is 1050. The van der Waals surface area contributed by atoms with E-state index in [2.05, 4.69) is 30.2 Å². The second-order valence-corrected chi connectivity index (χ2v) is 9.00. The lowest BCUT2D eigenvalue weighted by atomic mass is 9.94. The van der Waals surface area contributed by atoms with E-state index in [1.807, 2.05) is 29.2 Å². The van der Waals surface area contributed by atoms with Crippen LogP contribution >= 0.6 is 0 Å². The van der Waals surface area contributed by atoms with E-state index in [1.54, 1.807) is 12.1 Å². The van der Waals surface area contributed by atoms with Gasteiger partial charge in [-0.2, -0.15) is 0 Å². The largest absolute Gasteiger partial charge is 0.340 e. The van der Waals surface area contributed by atoms with Gasteiger partial charge in [-0.15, -0.1) is 0 Å². The first-order valence-corrected chi connectivity index (χ1v) is 11.7. The molecule has 0 radical (unpaired) electrons. The molecule has 0 unspecified atom stereocenters. The number of para-hydroxylation sites is 2. The SMILES string of the molecule is CCCN(C(=O)C1CCN(Cc2nc3ccccc3n2-c2ccc(F)cc2)CC1)C(C)C. The smallest absolute Gasteiger partial charge is 0.226 e. The summed E-state index contributed by atoms with van der Waals surface area (Å²) in [6.07, 6.45) is 2.74. The zero-order chi connectivity index (χ0) is 22.7. The van der Waals surface area contributed by atoms with E-state index in [4.69, 9.17) is 4.98 Å². The highest BCUT2D eigenvalue weighted by Gasteiger charge is 2.30. The number of hydrogen-bond acceptors (Lipinski definition) is 3. The fourth-order valence-corrected chi connectivity index (χ4v) is 4.70. The van der Waals surface area contributed by atoms with Crippen LogP contribution in [0.3, 0.4) is 0 Å². The quantitative estimate of drug-likeness (QED) is 0.522. The molecule has 1 fully saturated rings. The van der Waals surface area contributed by atoms with E-state index in [0.717, 1.165) is 61.4 Å². The number of amides is 1. The molecule has 170 valence electrons. The molecule has 0 N–H and O–H groups in total. The monoisotopic (exact) mass is 436 g/mol. The van der Waals surface area contributed by atoms with Crippen LogP contribution in [0, 0.1) is 11.7 Å². The van der Waals surface area contributed by atoms with Gasteiger partial charge in [-0.25, -0.2) is 9.37 Å². The molecule has 0 aliphatic carbocycles. The Balaban J connectivity index is 1.50. The van der Waals surface area contributed by atoms with Gasteiger partial charge in [-0.05, 0) is 82.6 Å². The third-order valence-electron chi connectivity index (χ3n) is 6.39. The average Bonchev–Trinajstić information content (AvgIpc) is 3.15. The predicted molar refractivity (Wildman–Crippen MR) is 126 cm³/mol. The molecule has 2 aromatic carbocycles. The van der Waals surface area contributed by atoms with Crippen LogP contribution in [0.25, 0.3) is 16.7 Å². The molecule has 1 aliphatic heterocycles. The summed E-state index contributed by atoms with van der Waals surface area (Å²) >= 11 is 0. The van der Waals surface area contributed by atoms with E-state index >= 15 is 0 Å². The van der Waals surface area contributed by atoms with E-state index in [0.29, 0.717) is 12.5 Å². The molecule has 1 aliphatic rings. The Morgan fingerprint density at radius 3 is 2.47 bits per heavy atom. The Morgan fingerprint density at radius 1 is 1.12 bits per heavy atom. The summed E-state index contributed by atoms with van der Waals surface area (Å²) in [5.41, 5.74) is 2.86. The van der Waals surface area contributed by atoms with E-state index < -0.39 is 0 Å². The van der Waals surface area contributed by atoms with Gasteiger partial charge in [0.25, 0.3) is 0 Å². The molecule has 0 bridgehead atoms. The minimum Gasteiger partial charge on any atom is -0.340 e. The number of hydrogen-bond donors (Lipinski definition) is 0. The zero-order valence-corrected chi connectivity index (χ0v) is 19.3. The Labute approximate surface area is 189 Å². The highest BCUT2D eigenvalue weighted by molar-refractivity contribution is 5.79. The number of carbonyl (C=O) groups is 1. The third kappa shape index (κ3) is 4.70. The van der Waals surface area contributed by atoms with Gasteiger partial charge in [0, 0.05) is 24.2 Å². The van der Waals surface area contributed by atoms with Crippen molar-refractivity contribution in [1.82, 2.24) is 19.4 Å². The molecule has 1 aromatic heterocycles. The first kappa shape index (κ1) is 22.5. The third-order valence-corrected chi connectivity index (χ3v) is 6.39. The highest BCUT2D eigenvalue weighted by atomic mass is 19.1. The van der Waals surface area contributed by atoms with Crippen LogP contribution < -0.4 is 0 Å². The van der Waals surface area contributed by atoms with Crippen molar-refractivity contribution in [3.8, 4) is 5.69 Å². The second kappa shape index (κ2) is 9.82. The molecule has 0 saturated carbocycles. The predicted octanol–water partition coefficient (Wildman–Crippen LogP) is 5.02. The maximum atomic E-state index is 13.5. The van der Waals surface area contributed by atoms with E-state index in [1.165, 1.54) is 12.1 Å². The maximum Gasteiger partial charge on any atom is 0.226 e. The van der Waals surface area contributed by atoms with Crippen LogP contribution in [0.2, 0.25) is 0 Å². The van der Waals surface area contributed by atoms with Crippen molar-refractivity contribution in [3.05, 3.63) is 60.2 Å². The molecule has 32 heavy (non-hydrogen) atoms. The van der Waals surface area contributed by atoms with Crippen LogP contribution in [-0.2, 0) is 11.3 Å². The minimum absolute atomic E-state index is 0.108. The molecule has 3 aromatic rings. The van der Waals surface area contributed by atoms with Gasteiger partial charge in [0.15, 0.2) is 0 Å². The summed E-state index contributed by atoms with van der Waals surface area (Å²) in [4.78, 5) is 22.3. The molecule has 4 rings (SSSR count). The van der Waals surface area contributed by atoms with E-state index in [9.17, 15) is 9.18 Å². The molecule has 0 atom stereocenters. The number of imidazole rings is 1. The van der Waals surface area contributed by atoms with Gasteiger partial charge in [-0.3, -0.25) is 14.3 Å². The summed E-state index contributed by atoms with van der Waals surface area (Å²) in [6, 6.07) is 14.9. The molecular formula is C26H33FN4O. The van der Waals surface area contributed by atoms with Crippen molar-refractivity contribution in [1.29, 1.82) is 0 Å². The number of fused-ring (bicyclic) bond motifs is 1. The first-order chi connectivity index (χ1) is 15.5. The van der Waals surface area contributed by atoms with Gasteiger partial charge in [0.1, 0.15) is 11.6 Å². The summed E-state index contributed by atoms with van der Waals surface area (Å²) in [5.74, 6) is 1.11. The van der Waals surface area contributed by atoms with Gasteiger partial charge < -0.3 is 4.90 Å². The van der Waals surface area contributed by atoms with Crippen LogP contribution in [0.15, 0.2) is 48.5 Å². The summed E-state index contributed by atoms with van der Waals surface area (Å²) in [6.45, 7) is 9.61. The number of carbonyl (C=O) groups excluding carboxylic acids is 1. The molecular weight excluding hydrogens is 403 g/mol. The van der Waals surface area contributed by atoms with Crippen LogP contribution in [0.4, 0.5) is 4.39 Å². The number of aromatic nitrogens is 2. The molecule has 6 heteroatoms. The molecule has 0 spiro atoms. The van der Waals surface area contributed by atoms with Crippen molar-refractivity contribution in [2.24, 2.45) is 5.92 Å². The van der Waals surface area contributed by atoms with Crippen molar-refractivity contribution in [3.63, 3.8) is 0 Å². The summed E-state index contributed by atoms with van der Waals surface area (Å²) in [7, 11) is 0. The zero-order valence-electron chi connectivity index (χ0n) is 19.3. The lowest BCUT2D eigenvalue weighted by Gasteiger charge is -2.35. The van der Waals surface area contributed by atoms with Crippen molar-refractivity contribution in [2.45, 2.75) is 52.6 Å². The number of piperidine rings is 1. The highest BCUT2D eigenvalue weighted by Crippen LogP contribution is 2.26. The van der Waals surface area contributed by atoms with Crippen molar-refractivity contribution >= 4 is 16.9 Å². The van der Waals surface area contributed by atoms with E-state index in [-0.39, 0.29) is 17.8 Å². The number of likely N-dealkylation sites (tertiary alicyclic amines) is 1. The van der Waals surface area contributed by atoms with Crippen LogP contribution in [0.5, 0.6) is 0 Å². The Kier molecular flexibility index (Phi) is 6.89. The van der Waals surface area contributed by atoms with Crippen molar-refractivity contribution < 1.29 is 9.18 Å². The average molecular weight is 437 g/mol. The molecule has 1 saturated heterocycles. The molecule has 2 heterocycles. The van der Waals surface area contributed by atoms with Gasteiger partial charge in [0.2, 0.25) is 5.91 Å². The Hall–Kier alpha value is -2.73. The second-order valence-electron chi connectivity index (χ2n) is 9.00. The Morgan fingerprint density at radius 2 is 1.81 bits per heavy atom. The summed E-state index contributed by atoms with van der Waals surface area (Å²) < 4.78 is 15.6. The van der Waals surface area contributed by atoms with Gasteiger partial charge in [-0.1, -0.05) is 19.1 Å². The topological polar surface area (TPSA) is 41.4 Å². The van der Waals surface area contributed by atoms with Gasteiger partial charge in [0.05, 0.1) is 17.6 Å². The lowest BCUT2D eigenvalue weighted by molar-refractivity contribution is -0.138. The lowest BCUT2D eigenvalue weighted by Crippen LogP contribution is -2.45. The van der Waals surface area contributed by atoms with Crippen LogP contribution in [-0.4, -0.2) is 50.9 Å². The normalized spacial score (nSPS) is 15.5. The number of rotatable bonds is 7. The number of halogens is 1. The van der Waals surface area contributed by atoms with Crippen molar-refractivity contribution in [2.75, 3.05) is 19.6 Å². The number of nitrogens with zero attached hydrogens (tertiary/aromatic N) is 4. The fourth-order valence-electron chi connectivity index (χ4n) is 4.70. The van der Waals surface area contributed by atoms with Crippen LogP contribution in [0.1, 0.15) is 45.9 Å². The fraction of sp³-hybridized carbons (Fsp3) is 0.462. The summed E-state index contributed by atoms with van der Waals surface area (Å²) in [5, 5.41) is 0. The van der Waals surface area contributed by atoms with Gasteiger partial charge >= 0.3 is 0 Å². The molecule has 1 amide bonds. The maximum absolute atomic E-state index is 13.5.